The second-order valence-corrected chi connectivity index (χ2v) is 7.78. The van der Waals surface area contributed by atoms with Gasteiger partial charge in [-0.3, -0.25) is 9.59 Å². The van der Waals surface area contributed by atoms with Gasteiger partial charge in [0.15, 0.2) is 5.69 Å². The molecular formula is C24H26N4O2. The molecule has 2 heterocycles. The minimum atomic E-state index is -0.236. The van der Waals surface area contributed by atoms with Gasteiger partial charge in [0.1, 0.15) is 5.52 Å². The fourth-order valence-electron chi connectivity index (χ4n) is 3.87. The molecule has 0 spiro atoms. The van der Waals surface area contributed by atoms with Crippen LogP contribution in [0, 0.1) is 6.92 Å². The molecule has 0 N–H and O–H groups in total. The number of unbranched alkanes of at least 4 members (excludes halogenated alkanes) is 1. The number of amides is 1. The van der Waals surface area contributed by atoms with Crippen molar-refractivity contribution >= 4 is 27.7 Å². The lowest BCUT2D eigenvalue weighted by Gasteiger charge is -2.18. The number of nitrogens with zero attached hydrogens (tertiary/aromatic N) is 4. The molecule has 0 unspecified atom stereocenters. The lowest BCUT2D eigenvalue weighted by Crippen LogP contribution is -2.32. The van der Waals surface area contributed by atoms with Gasteiger partial charge in [-0.05, 0) is 31.5 Å². The summed E-state index contributed by atoms with van der Waals surface area (Å²) in [4.78, 5) is 28.6. The highest BCUT2D eigenvalue weighted by Crippen LogP contribution is 2.29. The summed E-state index contributed by atoms with van der Waals surface area (Å²) in [6.07, 6.45) is 1.91. The standard InChI is InChI=1S/C24H26N4O2/c1-5-6-15-26(3)23(29)21-20-18-9-7-8-10-19(18)27(4)22(20)24(30)28(25-21)17-13-11-16(2)12-14-17/h7-14H,5-6,15H2,1-4H3. The molecule has 0 saturated carbocycles. The lowest BCUT2D eigenvalue weighted by atomic mass is 10.1. The van der Waals surface area contributed by atoms with Gasteiger partial charge in [0, 0.05) is 36.9 Å². The zero-order valence-electron chi connectivity index (χ0n) is 17.8. The van der Waals surface area contributed by atoms with Crippen LogP contribution in [-0.4, -0.2) is 38.7 Å². The molecule has 30 heavy (non-hydrogen) atoms. The number of carbonyl (C=O) groups is 1. The van der Waals surface area contributed by atoms with Gasteiger partial charge in [0.2, 0.25) is 0 Å². The largest absolute Gasteiger partial charge is 0.340 e. The molecule has 0 aliphatic carbocycles. The summed E-state index contributed by atoms with van der Waals surface area (Å²) in [5, 5.41) is 6.08. The summed E-state index contributed by atoms with van der Waals surface area (Å²) in [5.41, 5.74) is 3.19. The molecule has 0 aliphatic rings. The second-order valence-electron chi connectivity index (χ2n) is 7.78. The molecule has 154 valence electrons. The third-order valence-corrected chi connectivity index (χ3v) is 5.61. The van der Waals surface area contributed by atoms with Crippen LogP contribution < -0.4 is 5.56 Å². The minimum Gasteiger partial charge on any atom is -0.340 e. The van der Waals surface area contributed by atoms with E-state index in [1.54, 1.807) is 11.9 Å². The molecule has 2 aromatic heterocycles. The van der Waals surface area contributed by atoms with Gasteiger partial charge in [-0.1, -0.05) is 49.2 Å². The van der Waals surface area contributed by atoms with Crippen molar-refractivity contribution in [1.29, 1.82) is 0 Å². The molecule has 0 atom stereocenters. The Balaban J connectivity index is 2.06. The van der Waals surface area contributed by atoms with E-state index in [0.717, 1.165) is 29.3 Å². The molecular weight excluding hydrogens is 376 g/mol. The van der Waals surface area contributed by atoms with E-state index in [2.05, 4.69) is 12.0 Å². The molecule has 6 nitrogen and oxygen atoms in total. The van der Waals surface area contributed by atoms with Crippen molar-refractivity contribution in [2.75, 3.05) is 13.6 Å². The van der Waals surface area contributed by atoms with Crippen LogP contribution in [0.2, 0.25) is 0 Å². The summed E-state index contributed by atoms with van der Waals surface area (Å²) in [6, 6.07) is 15.3. The molecule has 0 bridgehead atoms. The number of aromatic nitrogens is 3. The van der Waals surface area contributed by atoms with Gasteiger partial charge in [-0.25, -0.2) is 0 Å². The number of para-hydroxylation sites is 1. The molecule has 0 saturated heterocycles. The number of aryl methyl sites for hydroxylation is 2. The van der Waals surface area contributed by atoms with Gasteiger partial charge in [-0.2, -0.15) is 9.78 Å². The fraction of sp³-hybridized carbons (Fsp3) is 0.292. The number of hydrogen-bond acceptors (Lipinski definition) is 3. The number of hydrogen-bond donors (Lipinski definition) is 0. The van der Waals surface area contributed by atoms with E-state index in [1.807, 2.05) is 67.1 Å². The van der Waals surface area contributed by atoms with E-state index in [4.69, 9.17) is 0 Å². The number of benzene rings is 2. The molecule has 0 fully saturated rings. The first kappa shape index (κ1) is 19.9. The summed E-state index contributed by atoms with van der Waals surface area (Å²) in [7, 11) is 3.65. The minimum absolute atomic E-state index is 0.175. The number of fused-ring (bicyclic) bond motifs is 3. The summed E-state index contributed by atoms with van der Waals surface area (Å²) >= 11 is 0. The van der Waals surface area contributed by atoms with E-state index in [0.29, 0.717) is 28.8 Å². The predicted octanol–water partition coefficient (Wildman–Crippen LogP) is 4.06. The molecule has 2 aromatic carbocycles. The Labute approximate surface area is 175 Å². The first-order chi connectivity index (χ1) is 14.4. The first-order valence-electron chi connectivity index (χ1n) is 10.3. The highest BCUT2D eigenvalue weighted by molar-refractivity contribution is 6.16. The van der Waals surface area contributed by atoms with Crippen molar-refractivity contribution in [2.24, 2.45) is 7.05 Å². The Morgan fingerprint density at radius 1 is 1.10 bits per heavy atom. The highest BCUT2D eigenvalue weighted by atomic mass is 16.2. The third kappa shape index (κ3) is 3.18. The second kappa shape index (κ2) is 7.78. The Kier molecular flexibility index (Phi) is 5.16. The average molecular weight is 402 g/mol. The van der Waals surface area contributed by atoms with Gasteiger partial charge >= 0.3 is 0 Å². The van der Waals surface area contributed by atoms with Crippen molar-refractivity contribution < 1.29 is 4.79 Å². The predicted molar refractivity (Wildman–Crippen MR) is 120 cm³/mol. The topological polar surface area (TPSA) is 60.1 Å². The quantitative estimate of drug-likeness (QED) is 0.506. The van der Waals surface area contributed by atoms with Crippen LogP contribution in [-0.2, 0) is 7.05 Å². The molecule has 1 amide bonds. The normalized spacial score (nSPS) is 11.3. The van der Waals surface area contributed by atoms with Gasteiger partial charge in [0.25, 0.3) is 11.5 Å². The van der Waals surface area contributed by atoms with Crippen LogP contribution in [0.3, 0.4) is 0 Å². The van der Waals surface area contributed by atoms with E-state index >= 15 is 0 Å². The maximum absolute atomic E-state index is 13.5. The van der Waals surface area contributed by atoms with Crippen LogP contribution in [0.25, 0.3) is 27.5 Å². The molecule has 0 radical (unpaired) electrons. The SMILES string of the molecule is CCCCN(C)C(=O)c1nn(-c2ccc(C)cc2)c(=O)c2c1c1ccccc1n2C. The van der Waals surface area contributed by atoms with E-state index in [9.17, 15) is 9.59 Å². The first-order valence-corrected chi connectivity index (χ1v) is 10.3. The van der Waals surface area contributed by atoms with Crippen LogP contribution in [0.5, 0.6) is 0 Å². The highest BCUT2D eigenvalue weighted by Gasteiger charge is 2.25. The fourth-order valence-corrected chi connectivity index (χ4v) is 3.87. The third-order valence-electron chi connectivity index (χ3n) is 5.61. The summed E-state index contributed by atoms with van der Waals surface area (Å²) in [6.45, 7) is 4.73. The maximum Gasteiger partial charge on any atom is 0.296 e. The summed E-state index contributed by atoms with van der Waals surface area (Å²) in [5.74, 6) is -0.175. The van der Waals surface area contributed by atoms with Crippen molar-refractivity contribution in [3.63, 3.8) is 0 Å². The number of carbonyl (C=O) groups excluding carboxylic acids is 1. The maximum atomic E-state index is 13.5. The smallest absolute Gasteiger partial charge is 0.296 e. The van der Waals surface area contributed by atoms with Crippen LogP contribution in [0.15, 0.2) is 53.3 Å². The van der Waals surface area contributed by atoms with Crippen LogP contribution >= 0.6 is 0 Å². The van der Waals surface area contributed by atoms with Crippen molar-refractivity contribution in [1.82, 2.24) is 19.2 Å². The van der Waals surface area contributed by atoms with E-state index in [-0.39, 0.29) is 11.5 Å². The van der Waals surface area contributed by atoms with E-state index < -0.39 is 0 Å². The van der Waals surface area contributed by atoms with Crippen molar-refractivity contribution in [2.45, 2.75) is 26.7 Å². The number of rotatable bonds is 5. The van der Waals surface area contributed by atoms with Crippen LogP contribution in [0.1, 0.15) is 35.8 Å². The molecule has 4 rings (SSSR count). The van der Waals surface area contributed by atoms with Crippen molar-refractivity contribution in [3.8, 4) is 5.69 Å². The van der Waals surface area contributed by atoms with Crippen LogP contribution in [0.4, 0.5) is 0 Å². The Bertz CT molecular complexity index is 1300. The van der Waals surface area contributed by atoms with Gasteiger partial charge in [-0.15, -0.1) is 0 Å². The molecule has 6 heteroatoms. The van der Waals surface area contributed by atoms with Gasteiger partial charge in [0.05, 0.1) is 5.69 Å². The van der Waals surface area contributed by atoms with Crippen molar-refractivity contribution in [3.05, 3.63) is 70.1 Å². The summed E-state index contributed by atoms with van der Waals surface area (Å²) < 4.78 is 3.21. The zero-order chi connectivity index (χ0) is 21.4. The molecule has 0 aliphatic heterocycles. The Morgan fingerprint density at radius 3 is 2.50 bits per heavy atom. The Hall–Kier alpha value is -3.41. The zero-order valence-corrected chi connectivity index (χ0v) is 17.8. The molecule has 4 aromatic rings. The average Bonchev–Trinajstić information content (AvgIpc) is 3.06. The van der Waals surface area contributed by atoms with Gasteiger partial charge < -0.3 is 9.47 Å². The monoisotopic (exact) mass is 402 g/mol. The Morgan fingerprint density at radius 2 is 1.80 bits per heavy atom. The lowest BCUT2D eigenvalue weighted by molar-refractivity contribution is 0.0788. The van der Waals surface area contributed by atoms with E-state index in [1.165, 1.54) is 4.68 Å².